The van der Waals surface area contributed by atoms with E-state index in [4.69, 9.17) is 0 Å². The molecule has 0 atom stereocenters. The van der Waals surface area contributed by atoms with Crippen LogP contribution in [-0.2, 0) is 12.8 Å². The first-order chi connectivity index (χ1) is 14.6. The number of hydrogen-bond acceptors (Lipinski definition) is 0. The minimum atomic E-state index is -1.71. The maximum atomic E-state index is 12.3. The fourth-order valence-corrected chi connectivity index (χ4v) is 2.98. The number of benzene rings is 3. The summed E-state index contributed by atoms with van der Waals surface area (Å²) in [6.07, 6.45) is 1.02. The van der Waals surface area contributed by atoms with Crippen molar-refractivity contribution in [1.82, 2.24) is 0 Å². The van der Waals surface area contributed by atoms with E-state index in [1.54, 1.807) is 24.3 Å². The second-order valence-corrected chi connectivity index (χ2v) is 6.83. The zero-order valence-corrected chi connectivity index (χ0v) is 17.1. The highest BCUT2D eigenvalue weighted by Gasteiger charge is 2.00. The second-order valence-electron chi connectivity index (χ2n) is 6.83. The second kappa shape index (κ2) is 10.2. The normalized spacial score (nSPS) is 9.73. The predicted molar refractivity (Wildman–Crippen MR) is 120 cm³/mol. The summed E-state index contributed by atoms with van der Waals surface area (Å²) in [6, 6.07) is 21.1. The monoisotopic (exact) mass is 396 g/mol. The summed E-state index contributed by atoms with van der Waals surface area (Å²) in [4.78, 5) is 0. The number of hydrogen-bond donors (Lipinski definition) is 0. The van der Waals surface area contributed by atoms with Crippen LogP contribution in [-0.4, -0.2) is 0 Å². The average molecular weight is 396 g/mol. The smallest absolute Gasteiger partial charge is 0.173 e. The molecule has 3 rings (SSSR count). The number of aryl methyl sites for hydroxylation is 2. The van der Waals surface area contributed by atoms with E-state index >= 15 is 0 Å². The molecule has 3 aromatic rings. The van der Waals surface area contributed by atoms with Crippen molar-refractivity contribution in [1.29, 1.82) is 0 Å². The minimum absolute atomic E-state index is 0.459. The zero-order valence-electron chi connectivity index (χ0n) is 17.1. The summed E-state index contributed by atoms with van der Waals surface area (Å²) in [7, 11) is 0. The number of halogens is 2. The third-order valence-electron chi connectivity index (χ3n) is 4.73. The van der Waals surface area contributed by atoms with E-state index in [1.165, 1.54) is 5.56 Å². The standard InChI is InChI=1S/C28H22F2/c1-3-21-5-7-23(8-6-21)15-17-27-18-16-24(19-26(27)4-2)12-9-22-10-13-25(14-11-22)20-28(29)30/h5-8,10-11,13-14,16,18-20H,3-4H2,1-2H3. The van der Waals surface area contributed by atoms with Gasteiger partial charge in [-0.3, -0.25) is 0 Å². The lowest BCUT2D eigenvalue weighted by atomic mass is 10.0. The lowest BCUT2D eigenvalue weighted by Gasteiger charge is -2.02. The fraction of sp³-hybridized carbons (Fsp3) is 0.143. The van der Waals surface area contributed by atoms with Crippen LogP contribution in [0.4, 0.5) is 8.78 Å². The van der Waals surface area contributed by atoms with Crippen LogP contribution in [0.2, 0.25) is 0 Å². The Balaban J connectivity index is 1.79. The molecule has 0 spiro atoms. The van der Waals surface area contributed by atoms with Crippen molar-refractivity contribution < 1.29 is 8.78 Å². The summed E-state index contributed by atoms with van der Waals surface area (Å²) in [5, 5.41) is 0. The Morgan fingerprint density at radius 3 is 1.87 bits per heavy atom. The van der Waals surface area contributed by atoms with Crippen LogP contribution in [0.15, 0.2) is 72.8 Å². The largest absolute Gasteiger partial charge is 0.270 e. The van der Waals surface area contributed by atoms with Crippen molar-refractivity contribution in [3.05, 3.63) is 112 Å². The van der Waals surface area contributed by atoms with Gasteiger partial charge in [-0.2, -0.15) is 8.78 Å². The Bertz CT molecular complexity index is 1160. The molecule has 0 bridgehead atoms. The van der Waals surface area contributed by atoms with E-state index in [2.05, 4.69) is 67.9 Å². The quantitative estimate of drug-likeness (QED) is 0.425. The number of rotatable bonds is 3. The first-order valence-corrected chi connectivity index (χ1v) is 9.96. The Hall–Kier alpha value is -3.62. The first-order valence-electron chi connectivity index (χ1n) is 9.96. The lowest BCUT2D eigenvalue weighted by Crippen LogP contribution is -1.89. The molecular formula is C28H22F2. The third-order valence-corrected chi connectivity index (χ3v) is 4.73. The maximum absolute atomic E-state index is 12.3. The molecule has 0 N–H and O–H groups in total. The van der Waals surface area contributed by atoms with E-state index in [0.29, 0.717) is 5.56 Å². The SMILES string of the molecule is CCc1ccc(C#Cc2ccc(C#Cc3ccc(C=C(F)F)cc3)cc2CC)cc1. The van der Waals surface area contributed by atoms with Crippen molar-refractivity contribution in [2.75, 3.05) is 0 Å². The van der Waals surface area contributed by atoms with Gasteiger partial charge >= 0.3 is 0 Å². The lowest BCUT2D eigenvalue weighted by molar-refractivity contribution is 0.429. The van der Waals surface area contributed by atoms with Crippen LogP contribution >= 0.6 is 0 Å². The molecule has 148 valence electrons. The highest BCUT2D eigenvalue weighted by Crippen LogP contribution is 2.13. The van der Waals surface area contributed by atoms with Gasteiger partial charge in [0.25, 0.3) is 6.08 Å². The molecule has 0 amide bonds. The van der Waals surface area contributed by atoms with Gasteiger partial charge in [-0.25, -0.2) is 0 Å². The van der Waals surface area contributed by atoms with Crippen LogP contribution in [0.3, 0.4) is 0 Å². The summed E-state index contributed by atoms with van der Waals surface area (Å²) in [5.74, 6) is 12.7. The van der Waals surface area contributed by atoms with Crippen LogP contribution in [0, 0.1) is 23.7 Å². The van der Waals surface area contributed by atoms with Crippen molar-refractivity contribution in [2.24, 2.45) is 0 Å². The zero-order chi connectivity index (χ0) is 21.3. The molecule has 0 aliphatic carbocycles. The van der Waals surface area contributed by atoms with E-state index < -0.39 is 6.08 Å². The van der Waals surface area contributed by atoms with Gasteiger partial charge in [0.2, 0.25) is 0 Å². The van der Waals surface area contributed by atoms with Crippen molar-refractivity contribution in [3.8, 4) is 23.7 Å². The van der Waals surface area contributed by atoms with Gasteiger partial charge in [-0.05, 0) is 72.0 Å². The molecule has 0 aliphatic rings. The van der Waals surface area contributed by atoms with E-state index in [1.807, 2.05) is 12.1 Å². The summed E-state index contributed by atoms with van der Waals surface area (Å²) in [6.45, 7) is 4.24. The molecule has 0 saturated heterocycles. The summed E-state index contributed by atoms with van der Waals surface area (Å²) >= 11 is 0. The van der Waals surface area contributed by atoms with Gasteiger partial charge in [-0.1, -0.05) is 61.8 Å². The van der Waals surface area contributed by atoms with E-state index in [0.717, 1.165) is 46.7 Å². The molecule has 2 heteroatoms. The van der Waals surface area contributed by atoms with Crippen molar-refractivity contribution in [3.63, 3.8) is 0 Å². The molecular weight excluding hydrogens is 374 g/mol. The molecule has 3 aromatic carbocycles. The molecule has 0 nitrogen and oxygen atoms in total. The fourth-order valence-electron chi connectivity index (χ4n) is 2.98. The Morgan fingerprint density at radius 1 is 0.700 bits per heavy atom. The van der Waals surface area contributed by atoms with Gasteiger partial charge in [0.05, 0.1) is 0 Å². The topological polar surface area (TPSA) is 0 Å². The van der Waals surface area contributed by atoms with Crippen LogP contribution < -0.4 is 0 Å². The third kappa shape index (κ3) is 5.94. The van der Waals surface area contributed by atoms with Crippen LogP contribution in [0.25, 0.3) is 6.08 Å². The van der Waals surface area contributed by atoms with Gasteiger partial charge in [0, 0.05) is 28.3 Å². The van der Waals surface area contributed by atoms with E-state index in [-0.39, 0.29) is 0 Å². The van der Waals surface area contributed by atoms with Gasteiger partial charge in [0.1, 0.15) is 0 Å². The molecule has 0 unspecified atom stereocenters. The van der Waals surface area contributed by atoms with Gasteiger partial charge in [-0.15, -0.1) is 0 Å². The maximum Gasteiger partial charge on any atom is 0.270 e. The van der Waals surface area contributed by atoms with E-state index in [9.17, 15) is 8.78 Å². The Labute approximate surface area is 177 Å². The highest BCUT2D eigenvalue weighted by atomic mass is 19.3. The first kappa shape index (κ1) is 21.1. The predicted octanol–water partition coefficient (Wildman–Crippen LogP) is 6.85. The summed E-state index contributed by atoms with van der Waals surface area (Å²) < 4.78 is 24.6. The summed E-state index contributed by atoms with van der Waals surface area (Å²) in [5.41, 5.74) is 6.61. The van der Waals surface area contributed by atoms with Crippen molar-refractivity contribution >= 4 is 6.08 Å². The minimum Gasteiger partial charge on any atom is -0.173 e. The molecule has 0 heterocycles. The molecule has 0 fully saturated rings. The van der Waals surface area contributed by atoms with Gasteiger partial charge < -0.3 is 0 Å². The molecule has 0 saturated carbocycles. The molecule has 0 aliphatic heterocycles. The Morgan fingerprint density at radius 2 is 1.27 bits per heavy atom. The highest BCUT2D eigenvalue weighted by molar-refractivity contribution is 5.54. The van der Waals surface area contributed by atoms with Crippen LogP contribution in [0.1, 0.15) is 52.8 Å². The van der Waals surface area contributed by atoms with Crippen molar-refractivity contribution in [2.45, 2.75) is 26.7 Å². The van der Waals surface area contributed by atoms with Gasteiger partial charge in [0.15, 0.2) is 0 Å². The van der Waals surface area contributed by atoms with Crippen LogP contribution in [0.5, 0.6) is 0 Å². The molecule has 0 aromatic heterocycles. The Kier molecular flexibility index (Phi) is 7.20. The average Bonchev–Trinajstić information content (AvgIpc) is 2.77. The molecule has 30 heavy (non-hydrogen) atoms. The molecule has 0 radical (unpaired) electrons.